The Morgan fingerprint density at radius 1 is 1.50 bits per heavy atom. The van der Waals surface area contributed by atoms with Gasteiger partial charge in [-0.2, -0.15) is 0 Å². The summed E-state index contributed by atoms with van der Waals surface area (Å²) in [6, 6.07) is 2.05. The van der Waals surface area contributed by atoms with Crippen molar-refractivity contribution in [1.82, 2.24) is 0 Å². The van der Waals surface area contributed by atoms with Crippen LogP contribution < -0.4 is 0 Å². The van der Waals surface area contributed by atoms with E-state index in [9.17, 15) is 4.79 Å². The summed E-state index contributed by atoms with van der Waals surface area (Å²) < 4.78 is 5.60. The first kappa shape index (κ1) is 9.50. The van der Waals surface area contributed by atoms with E-state index in [4.69, 9.17) is 4.42 Å². The molecule has 0 N–H and O–H groups in total. The summed E-state index contributed by atoms with van der Waals surface area (Å²) in [7, 11) is 0. The van der Waals surface area contributed by atoms with Gasteiger partial charge in [-0.3, -0.25) is 4.79 Å². The third kappa shape index (κ3) is 1.39. The average Bonchev–Trinajstić information content (AvgIpc) is 2.56. The fourth-order valence-corrected chi connectivity index (χ4v) is 1.86. The van der Waals surface area contributed by atoms with E-state index < -0.39 is 0 Å². The second-order valence-electron chi connectivity index (χ2n) is 4.46. The summed E-state index contributed by atoms with van der Waals surface area (Å²) in [5.74, 6) is 2.24. The Balaban J connectivity index is 2.41. The molecule has 0 spiro atoms. The lowest BCUT2D eigenvalue weighted by Gasteiger charge is -2.14. The van der Waals surface area contributed by atoms with Crippen molar-refractivity contribution in [2.24, 2.45) is 5.92 Å². The molecule has 0 radical (unpaired) electrons. The standard InChI is InChI=1S/C12H16O2/c1-7(2)10-6-9-5-4-8(3)11(13)12(9)14-10/h6-8H,4-5H2,1-3H3. The molecule has 1 aromatic rings. The number of rotatable bonds is 1. The number of fused-ring (bicyclic) bond motifs is 1. The molecule has 2 nitrogen and oxygen atoms in total. The maximum absolute atomic E-state index is 11.8. The van der Waals surface area contributed by atoms with Gasteiger partial charge in [-0.05, 0) is 18.9 Å². The van der Waals surface area contributed by atoms with Crippen LogP contribution in [0.2, 0.25) is 0 Å². The van der Waals surface area contributed by atoms with E-state index >= 15 is 0 Å². The van der Waals surface area contributed by atoms with Gasteiger partial charge in [0, 0.05) is 17.4 Å². The Hall–Kier alpha value is -1.05. The molecule has 14 heavy (non-hydrogen) atoms. The van der Waals surface area contributed by atoms with Gasteiger partial charge >= 0.3 is 0 Å². The number of carbonyl (C=O) groups is 1. The SMILES string of the molecule is CC1CCc2cc(C(C)C)oc2C1=O. The number of carbonyl (C=O) groups excluding carboxylic acids is 1. The van der Waals surface area contributed by atoms with Crippen molar-refractivity contribution in [3.8, 4) is 0 Å². The molecule has 76 valence electrons. The lowest BCUT2D eigenvalue weighted by molar-refractivity contribution is 0.0881. The largest absolute Gasteiger partial charge is 0.457 e. The smallest absolute Gasteiger partial charge is 0.201 e. The normalized spacial score (nSPS) is 21.4. The van der Waals surface area contributed by atoms with Crippen LogP contribution in [0.3, 0.4) is 0 Å². The van der Waals surface area contributed by atoms with Crippen LogP contribution in [0.4, 0.5) is 0 Å². The Morgan fingerprint density at radius 3 is 2.86 bits per heavy atom. The minimum Gasteiger partial charge on any atom is -0.457 e. The first-order valence-electron chi connectivity index (χ1n) is 5.26. The number of ketones is 1. The van der Waals surface area contributed by atoms with E-state index in [2.05, 4.69) is 13.8 Å². The average molecular weight is 192 g/mol. The third-order valence-corrected chi connectivity index (χ3v) is 2.92. The Labute approximate surface area is 84.3 Å². The number of hydrogen-bond acceptors (Lipinski definition) is 2. The van der Waals surface area contributed by atoms with Gasteiger partial charge < -0.3 is 4.42 Å². The quantitative estimate of drug-likeness (QED) is 0.684. The highest BCUT2D eigenvalue weighted by Crippen LogP contribution is 2.30. The van der Waals surface area contributed by atoms with Crippen molar-refractivity contribution in [2.45, 2.75) is 39.5 Å². The molecule has 1 heterocycles. The summed E-state index contributed by atoms with van der Waals surface area (Å²) >= 11 is 0. The summed E-state index contributed by atoms with van der Waals surface area (Å²) in [6.45, 7) is 6.14. The van der Waals surface area contributed by atoms with E-state index in [1.807, 2.05) is 13.0 Å². The van der Waals surface area contributed by atoms with Gasteiger partial charge in [0.05, 0.1) is 0 Å². The van der Waals surface area contributed by atoms with Crippen LogP contribution in [0, 0.1) is 5.92 Å². The second-order valence-corrected chi connectivity index (χ2v) is 4.46. The molecule has 1 unspecified atom stereocenters. The molecule has 1 aromatic heterocycles. The van der Waals surface area contributed by atoms with Crippen molar-refractivity contribution < 1.29 is 9.21 Å². The molecule has 2 rings (SSSR count). The van der Waals surface area contributed by atoms with Crippen molar-refractivity contribution >= 4 is 5.78 Å². The van der Waals surface area contributed by atoms with E-state index in [1.165, 1.54) is 0 Å². The molecule has 0 aliphatic heterocycles. The first-order chi connectivity index (χ1) is 6.59. The molecule has 0 fully saturated rings. The molecule has 1 atom stereocenters. The minimum absolute atomic E-state index is 0.133. The zero-order chi connectivity index (χ0) is 10.3. The van der Waals surface area contributed by atoms with Gasteiger partial charge in [0.25, 0.3) is 0 Å². The molecular weight excluding hydrogens is 176 g/mol. The molecule has 2 heteroatoms. The summed E-state index contributed by atoms with van der Waals surface area (Å²) in [5, 5.41) is 0. The monoisotopic (exact) mass is 192 g/mol. The van der Waals surface area contributed by atoms with Crippen LogP contribution in [0.25, 0.3) is 0 Å². The highest BCUT2D eigenvalue weighted by Gasteiger charge is 2.28. The predicted octanol–water partition coefficient (Wildman–Crippen LogP) is 3.17. The zero-order valence-electron chi connectivity index (χ0n) is 8.96. The summed E-state index contributed by atoms with van der Waals surface area (Å²) in [4.78, 5) is 11.8. The van der Waals surface area contributed by atoms with E-state index in [0.29, 0.717) is 11.7 Å². The van der Waals surface area contributed by atoms with Gasteiger partial charge in [-0.25, -0.2) is 0 Å². The number of furan rings is 1. The van der Waals surface area contributed by atoms with E-state index in [0.717, 1.165) is 24.2 Å². The molecule has 1 aliphatic carbocycles. The topological polar surface area (TPSA) is 30.2 Å². The molecule has 0 aromatic carbocycles. The maximum Gasteiger partial charge on any atom is 0.201 e. The van der Waals surface area contributed by atoms with Gasteiger partial charge in [0.15, 0.2) is 5.76 Å². The lowest BCUT2D eigenvalue weighted by atomic mass is 9.88. The van der Waals surface area contributed by atoms with Crippen LogP contribution >= 0.6 is 0 Å². The van der Waals surface area contributed by atoms with Crippen LogP contribution in [0.15, 0.2) is 10.5 Å². The highest BCUT2D eigenvalue weighted by molar-refractivity contribution is 5.97. The molecule has 1 aliphatic rings. The maximum atomic E-state index is 11.8. The fraction of sp³-hybridized carbons (Fsp3) is 0.583. The van der Waals surface area contributed by atoms with Crippen molar-refractivity contribution in [2.75, 3.05) is 0 Å². The number of hydrogen-bond donors (Lipinski definition) is 0. The van der Waals surface area contributed by atoms with Gasteiger partial charge in [-0.1, -0.05) is 20.8 Å². The van der Waals surface area contributed by atoms with E-state index in [1.54, 1.807) is 0 Å². The third-order valence-electron chi connectivity index (χ3n) is 2.92. The summed E-state index contributed by atoms with van der Waals surface area (Å²) in [6.07, 6.45) is 1.95. The fourth-order valence-electron chi connectivity index (χ4n) is 1.86. The number of Topliss-reactive ketones (excluding diaryl/α,β-unsaturated/α-hetero) is 1. The minimum atomic E-state index is 0.133. The zero-order valence-corrected chi connectivity index (χ0v) is 8.96. The lowest BCUT2D eigenvalue weighted by Crippen LogP contribution is -2.18. The molecule has 0 saturated carbocycles. The van der Waals surface area contributed by atoms with Crippen LogP contribution in [-0.2, 0) is 6.42 Å². The second kappa shape index (κ2) is 3.26. The van der Waals surface area contributed by atoms with Gasteiger partial charge in [0.1, 0.15) is 5.76 Å². The van der Waals surface area contributed by atoms with E-state index in [-0.39, 0.29) is 11.7 Å². The van der Waals surface area contributed by atoms with Gasteiger partial charge in [0.2, 0.25) is 5.78 Å². The molecule has 0 saturated heterocycles. The predicted molar refractivity (Wildman–Crippen MR) is 54.6 cm³/mol. The summed E-state index contributed by atoms with van der Waals surface area (Å²) in [5.41, 5.74) is 1.11. The van der Waals surface area contributed by atoms with Crippen LogP contribution in [0.5, 0.6) is 0 Å². The van der Waals surface area contributed by atoms with Crippen molar-refractivity contribution in [3.05, 3.63) is 23.2 Å². The molecule has 0 bridgehead atoms. The molecular formula is C12H16O2. The number of aryl methyl sites for hydroxylation is 1. The van der Waals surface area contributed by atoms with Gasteiger partial charge in [-0.15, -0.1) is 0 Å². The Kier molecular flexibility index (Phi) is 2.22. The van der Waals surface area contributed by atoms with Crippen LogP contribution in [-0.4, -0.2) is 5.78 Å². The molecule has 0 amide bonds. The highest BCUT2D eigenvalue weighted by atomic mass is 16.3. The van der Waals surface area contributed by atoms with Crippen LogP contribution in [0.1, 0.15) is 55.0 Å². The van der Waals surface area contributed by atoms with Crippen molar-refractivity contribution in [3.63, 3.8) is 0 Å². The Morgan fingerprint density at radius 2 is 2.21 bits per heavy atom. The van der Waals surface area contributed by atoms with Crippen molar-refractivity contribution in [1.29, 1.82) is 0 Å². The first-order valence-corrected chi connectivity index (χ1v) is 5.26. The Bertz CT molecular complexity index is 360.